The van der Waals surface area contributed by atoms with Crippen LogP contribution in [-0.2, 0) is 16.6 Å². The molecule has 2 amide bonds. The van der Waals surface area contributed by atoms with Crippen LogP contribution in [0, 0.1) is 0 Å². The number of nitrogens with zero attached hydrogens (tertiary/aromatic N) is 1. The van der Waals surface area contributed by atoms with E-state index >= 15 is 0 Å². The zero-order chi connectivity index (χ0) is 24.8. The van der Waals surface area contributed by atoms with E-state index in [0.717, 1.165) is 26.7 Å². The smallest absolute Gasteiger partial charge is 0.255 e. The number of aromatic nitrogens is 1. The molecule has 0 bridgehead atoms. The van der Waals surface area contributed by atoms with Gasteiger partial charge in [0, 0.05) is 17.8 Å². The summed E-state index contributed by atoms with van der Waals surface area (Å²) in [7, 11) is 0. The van der Waals surface area contributed by atoms with Crippen LogP contribution in [0.3, 0.4) is 0 Å². The fourth-order valence-corrected chi connectivity index (χ4v) is 5.47. The third kappa shape index (κ3) is 6.93. The number of hydrogen-bond acceptors (Lipinski definition) is 5. The lowest BCUT2D eigenvalue weighted by molar-refractivity contribution is -0.118. The summed E-state index contributed by atoms with van der Waals surface area (Å²) in [5.41, 5.74) is 4.64. The average molecular weight is 504 g/mol. The van der Waals surface area contributed by atoms with Crippen molar-refractivity contribution < 1.29 is 9.59 Å². The molecule has 0 saturated heterocycles. The lowest BCUT2D eigenvalue weighted by Crippen LogP contribution is -2.27. The predicted molar refractivity (Wildman–Crippen MR) is 147 cm³/mol. The van der Waals surface area contributed by atoms with Gasteiger partial charge in [-0.15, -0.1) is 11.3 Å². The van der Waals surface area contributed by atoms with E-state index in [1.54, 1.807) is 0 Å². The lowest BCUT2D eigenvalue weighted by Gasteiger charge is -2.19. The Balaban J connectivity index is 1.30. The molecule has 0 aliphatic heterocycles. The molecule has 4 aromatic rings. The highest BCUT2D eigenvalue weighted by Gasteiger charge is 2.15. The minimum absolute atomic E-state index is 0.00406. The summed E-state index contributed by atoms with van der Waals surface area (Å²) < 4.78 is 1.80. The van der Waals surface area contributed by atoms with Crippen LogP contribution < -0.4 is 10.6 Å². The monoisotopic (exact) mass is 503 g/mol. The molecule has 0 spiro atoms. The van der Waals surface area contributed by atoms with Gasteiger partial charge in [-0.25, -0.2) is 4.98 Å². The van der Waals surface area contributed by atoms with Gasteiger partial charge in [0.05, 0.1) is 16.0 Å². The molecule has 5 nitrogen and oxygen atoms in total. The molecule has 0 fully saturated rings. The van der Waals surface area contributed by atoms with Gasteiger partial charge in [0.25, 0.3) is 5.91 Å². The van der Waals surface area contributed by atoms with Gasteiger partial charge in [-0.3, -0.25) is 9.59 Å². The van der Waals surface area contributed by atoms with Crippen molar-refractivity contribution in [3.8, 4) is 0 Å². The Morgan fingerprint density at radius 2 is 1.71 bits per heavy atom. The summed E-state index contributed by atoms with van der Waals surface area (Å²) in [5.74, 6) is 0.176. The van der Waals surface area contributed by atoms with Gasteiger partial charge in [-0.1, -0.05) is 75.0 Å². The number of carbonyl (C=O) groups is 2. The van der Waals surface area contributed by atoms with Gasteiger partial charge in [-0.05, 0) is 53.3 Å². The van der Waals surface area contributed by atoms with Crippen molar-refractivity contribution in [1.29, 1.82) is 0 Å². The lowest BCUT2D eigenvalue weighted by atomic mass is 9.87. The maximum absolute atomic E-state index is 12.7. The Kier molecular flexibility index (Phi) is 7.88. The van der Waals surface area contributed by atoms with E-state index in [4.69, 9.17) is 0 Å². The second-order valence-corrected chi connectivity index (χ2v) is 11.6. The summed E-state index contributed by atoms with van der Waals surface area (Å²) in [6.07, 6.45) is 0.813. The van der Waals surface area contributed by atoms with Crippen LogP contribution in [0.5, 0.6) is 0 Å². The third-order valence-electron chi connectivity index (χ3n) is 5.55. The molecule has 180 valence electrons. The predicted octanol–water partition coefficient (Wildman–Crippen LogP) is 6.30. The molecule has 7 heteroatoms. The van der Waals surface area contributed by atoms with E-state index in [0.29, 0.717) is 17.9 Å². The summed E-state index contributed by atoms with van der Waals surface area (Å²) in [4.78, 5) is 29.5. The highest BCUT2D eigenvalue weighted by atomic mass is 32.2. The Bertz CT molecular complexity index is 1310. The van der Waals surface area contributed by atoms with Crippen molar-refractivity contribution in [2.75, 3.05) is 17.6 Å². The maximum atomic E-state index is 12.7. The molecule has 4 rings (SSSR count). The zero-order valence-electron chi connectivity index (χ0n) is 20.1. The molecule has 35 heavy (non-hydrogen) atoms. The minimum Gasteiger partial charge on any atom is -0.355 e. The average Bonchev–Trinajstić information content (AvgIpc) is 3.25. The largest absolute Gasteiger partial charge is 0.355 e. The first-order valence-corrected chi connectivity index (χ1v) is 13.3. The highest BCUT2D eigenvalue weighted by molar-refractivity contribution is 8.01. The molecule has 0 saturated carbocycles. The van der Waals surface area contributed by atoms with E-state index in [9.17, 15) is 9.59 Å². The van der Waals surface area contributed by atoms with Crippen molar-refractivity contribution in [1.82, 2.24) is 10.3 Å². The number of nitrogens with one attached hydrogen (secondary N) is 2. The van der Waals surface area contributed by atoms with Crippen molar-refractivity contribution in [3.05, 3.63) is 89.5 Å². The quantitative estimate of drug-likeness (QED) is 0.277. The van der Waals surface area contributed by atoms with E-state index in [2.05, 4.69) is 48.5 Å². The Hall–Kier alpha value is -3.16. The number of anilines is 1. The van der Waals surface area contributed by atoms with Crippen LogP contribution in [0.4, 0.5) is 5.69 Å². The molecule has 1 heterocycles. The Morgan fingerprint density at radius 1 is 0.971 bits per heavy atom. The van der Waals surface area contributed by atoms with Crippen molar-refractivity contribution in [3.63, 3.8) is 0 Å². The standard InChI is InChI=1S/C28H29N3O2S2/c1-28(2,3)21-11-9-20(10-12-21)26(33)30-22-13-14-23-24(17-22)35-27(31-23)34-18-25(32)29-16-15-19-7-5-4-6-8-19/h4-14,17H,15-16,18H2,1-3H3,(H,29,32)(H,30,33). The summed E-state index contributed by atoms with van der Waals surface area (Å²) >= 11 is 2.95. The maximum Gasteiger partial charge on any atom is 0.255 e. The summed E-state index contributed by atoms with van der Waals surface area (Å²) in [5, 5.41) is 5.94. The fourth-order valence-electron chi connectivity index (χ4n) is 3.54. The number of benzene rings is 3. The van der Waals surface area contributed by atoms with E-state index in [1.807, 2.05) is 60.7 Å². The minimum atomic E-state index is -0.143. The second-order valence-electron chi connectivity index (χ2n) is 9.32. The first-order chi connectivity index (χ1) is 16.8. The Labute approximate surface area is 214 Å². The number of thioether (sulfide) groups is 1. The van der Waals surface area contributed by atoms with Crippen molar-refractivity contribution >= 4 is 50.8 Å². The van der Waals surface area contributed by atoms with Gasteiger partial charge in [0.2, 0.25) is 5.91 Å². The van der Waals surface area contributed by atoms with Crippen LogP contribution in [-0.4, -0.2) is 29.1 Å². The second kappa shape index (κ2) is 11.1. The van der Waals surface area contributed by atoms with Gasteiger partial charge in [-0.2, -0.15) is 0 Å². The van der Waals surface area contributed by atoms with Gasteiger partial charge in [0.15, 0.2) is 4.34 Å². The van der Waals surface area contributed by atoms with Crippen LogP contribution in [0.15, 0.2) is 77.1 Å². The van der Waals surface area contributed by atoms with E-state index in [-0.39, 0.29) is 17.2 Å². The number of rotatable bonds is 8. The Morgan fingerprint density at radius 3 is 2.43 bits per heavy atom. The molecule has 1 aromatic heterocycles. The molecular formula is C28H29N3O2S2. The number of fused-ring (bicyclic) bond motifs is 1. The zero-order valence-corrected chi connectivity index (χ0v) is 21.8. The molecule has 0 aliphatic carbocycles. The number of thiazole rings is 1. The number of carbonyl (C=O) groups excluding carboxylic acids is 2. The van der Waals surface area contributed by atoms with Crippen molar-refractivity contribution in [2.24, 2.45) is 0 Å². The SMILES string of the molecule is CC(C)(C)c1ccc(C(=O)Nc2ccc3nc(SCC(=O)NCCc4ccccc4)sc3c2)cc1. The molecule has 0 unspecified atom stereocenters. The van der Waals surface area contributed by atoms with Gasteiger partial charge < -0.3 is 10.6 Å². The van der Waals surface area contributed by atoms with Crippen LogP contribution in [0.25, 0.3) is 10.2 Å². The van der Waals surface area contributed by atoms with Gasteiger partial charge in [0.1, 0.15) is 0 Å². The van der Waals surface area contributed by atoms with Crippen LogP contribution >= 0.6 is 23.1 Å². The topological polar surface area (TPSA) is 71.1 Å². The molecule has 3 aromatic carbocycles. The fraction of sp³-hybridized carbons (Fsp3) is 0.250. The molecule has 0 atom stereocenters. The molecule has 0 radical (unpaired) electrons. The van der Waals surface area contributed by atoms with Crippen LogP contribution in [0.2, 0.25) is 0 Å². The molecule has 2 N–H and O–H groups in total. The van der Waals surface area contributed by atoms with E-state index in [1.165, 1.54) is 34.2 Å². The summed E-state index contributed by atoms with van der Waals surface area (Å²) in [6.45, 7) is 7.07. The number of amides is 2. The van der Waals surface area contributed by atoms with E-state index < -0.39 is 0 Å². The highest BCUT2D eigenvalue weighted by Crippen LogP contribution is 2.31. The number of hydrogen-bond donors (Lipinski definition) is 2. The van der Waals surface area contributed by atoms with Crippen molar-refractivity contribution in [2.45, 2.75) is 36.9 Å². The summed E-state index contributed by atoms with van der Waals surface area (Å²) in [6, 6.07) is 23.5. The third-order valence-corrected chi connectivity index (χ3v) is 7.71. The molecule has 0 aliphatic rings. The normalized spacial score (nSPS) is 11.4. The first kappa shape index (κ1) is 24.9. The van der Waals surface area contributed by atoms with Gasteiger partial charge >= 0.3 is 0 Å². The molecular weight excluding hydrogens is 474 g/mol. The first-order valence-electron chi connectivity index (χ1n) is 11.5. The van der Waals surface area contributed by atoms with Crippen LogP contribution in [0.1, 0.15) is 42.3 Å².